The molecule has 0 fully saturated rings. The molecule has 0 atom stereocenters. The smallest absolute Gasteiger partial charge is 0.253 e. The normalized spacial score (nSPS) is 7.74. The van der Waals surface area contributed by atoms with E-state index < -0.39 is 0 Å². The number of ether oxygens (including phenoxy) is 1. The summed E-state index contributed by atoms with van der Waals surface area (Å²) >= 11 is 0. The Morgan fingerprint density at radius 3 is 1.84 bits per heavy atom. The van der Waals surface area contributed by atoms with Crippen LogP contribution in [-0.4, -0.2) is 22.1 Å². The summed E-state index contributed by atoms with van der Waals surface area (Å²) in [5, 5.41) is 7.70. The average molecular weight is 265 g/mol. The van der Waals surface area contributed by atoms with Gasteiger partial charge in [0.15, 0.2) is 0 Å². The van der Waals surface area contributed by atoms with Gasteiger partial charge in [-0.05, 0) is 12.1 Å². The van der Waals surface area contributed by atoms with Gasteiger partial charge in [-0.2, -0.15) is 0 Å². The van der Waals surface area contributed by atoms with Gasteiger partial charge in [-0.3, -0.25) is 0 Å². The van der Waals surface area contributed by atoms with Crippen molar-refractivity contribution in [3.8, 4) is 11.6 Å². The lowest BCUT2D eigenvalue weighted by Crippen LogP contribution is -1.93. The molecule has 2 aromatic rings. The highest BCUT2D eigenvalue weighted by atomic mass is 16.5. The fraction of sp³-hybridized carbons (Fsp3) is 0.467. The minimum Gasteiger partial charge on any atom is -0.479 e. The van der Waals surface area contributed by atoms with Crippen molar-refractivity contribution in [3.05, 3.63) is 36.5 Å². The van der Waals surface area contributed by atoms with Gasteiger partial charge in [0.05, 0.1) is 19.0 Å². The summed E-state index contributed by atoms with van der Waals surface area (Å²) < 4.78 is 6.59. The Labute approximate surface area is 117 Å². The maximum Gasteiger partial charge on any atom is 0.253 e. The zero-order chi connectivity index (χ0) is 15.1. The summed E-state index contributed by atoms with van der Waals surface area (Å²) in [5.74, 6) is 0.517. The van der Waals surface area contributed by atoms with E-state index in [1.54, 1.807) is 18.0 Å². The van der Waals surface area contributed by atoms with Crippen LogP contribution in [0.5, 0.6) is 5.88 Å². The third-order valence-electron chi connectivity index (χ3n) is 1.70. The van der Waals surface area contributed by atoms with Crippen LogP contribution in [0, 0.1) is 0 Å². The molecule has 0 amide bonds. The predicted octanol–water partition coefficient (Wildman–Crippen LogP) is 4.35. The fourth-order valence-corrected chi connectivity index (χ4v) is 1.05. The van der Waals surface area contributed by atoms with Crippen molar-refractivity contribution in [2.75, 3.05) is 7.11 Å². The van der Waals surface area contributed by atoms with Gasteiger partial charge in [0.2, 0.25) is 0 Å². The molecule has 1 aromatic heterocycles. The maximum atomic E-state index is 4.92. The van der Waals surface area contributed by atoms with Crippen molar-refractivity contribution < 1.29 is 4.74 Å². The fourth-order valence-electron chi connectivity index (χ4n) is 1.05. The minimum absolute atomic E-state index is 0.517. The number of hydrogen-bond acceptors (Lipinski definition) is 3. The van der Waals surface area contributed by atoms with Crippen LogP contribution in [0.4, 0.5) is 0 Å². The summed E-state index contributed by atoms with van der Waals surface area (Å²) in [7, 11) is 1.57. The molecular weight excluding hydrogens is 238 g/mol. The topological polar surface area (TPSA) is 39.9 Å². The number of rotatable bonds is 2. The van der Waals surface area contributed by atoms with Crippen LogP contribution in [0.25, 0.3) is 5.69 Å². The molecule has 1 aromatic carbocycles. The molecule has 0 bridgehead atoms. The van der Waals surface area contributed by atoms with E-state index in [9.17, 15) is 0 Å². The predicted molar refractivity (Wildman–Crippen MR) is 82.0 cm³/mol. The van der Waals surface area contributed by atoms with Gasteiger partial charge in [0.1, 0.15) is 0 Å². The number of aromatic nitrogens is 3. The number of benzene rings is 1. The van der Waals surface area contributed by atoms with E-state index in [2.05, 4.69) is 10.3 Å². The molecule has 0 saturated carbocycles. The van der Waals surface area contributed by atoms with Crippen LogP contribution in [0.15, 0.2) is 36.5 Å². The van der Waals surface area contributed by atoms with Crippen LogP contribution < -0.4 is 4.74 Å². The molecule has 0 unspecified atom stereocenters. The summed E-state index contributed by atoms with van der Waals surface area (Å²) in [6.45, 7) is 12.0. The molecule has 0 radical (unpaired) electrons. The van der Waals surface area contributed by atoms with Gasteiger partial charge in [-0.1, -0.05) is 70.1 Å². The summed E-state index contributed by atoms with van der Waals surface area (Å²) in [6.07, 6.45) is 1.73. The van der Waals surface area contributed by atoms with Crippen LogP contribution in [0.2, 0.25) is 0 Å². The highest BCUT2D eigenvalue weighted by molar-refractivity contribution is 5.30. The molecule has 0 aliphatic heterocycles. The van der Waals surface area contributed by atoms with Crippen molar-refractivity contribution in [1.82, 2.24) is 15.0 Å². The van der Waals surface area contributed by atoms with Gasteiger partial charge in [0.25, 0.3) is 5.88 Å². The monoisotopic (exact) mass is 265 g/mol. The van der Waals surface area contributed by atoms with E-state index in [1.807, 2.05) is 71.9 Å². The Balaban J connectivity index is 0. The van der Waals surface area contributed by atoms with Gasteiger partial charge in [-0.25, -0.2) is 4.68 Å². The van der Waals surface area contributed by atoms with Crippen molar-refractivity contribution in [3.63, 3.8) is 0 Å². The summed E-state index contributed by atoms with van der Waals surface area (Å²) in [5.41, 5.74) is 0.971. The number of methoxy groups -OCH3 is 1. The zero-order valence-corrected chi connectivity index (χ0v) is 13.2. The second-order valence-electron chi connectivity index (χ2n) is 2.54. The van der Waals surface area contributed by atoms with Gasteiger partial charge < -0.3 is 4.74 Å². The van der Waals surface area contributed by atoms with Crippen LogP contribution in [-0.2, 0) is 0 Å². The molecule has 4 nitrogen and oxygen atoms in total. The van der Waals surface area contributed by atoms with Gasteiger partial charge >= 0.3 is 0 Å². The highest BCUT2D eigenvalue weighted by Gasteiger charge is 2.00. The Kier molecular flexibility index (Phi) is 14.6. The number of nitrogens with zero attached hydrogens (tertiary/aromatic N) is 3. The minimum atomic E-state index is 0.517. The number of hydrogen-bond donors (Lipinski definition) is 0. The third kappa shape index (κ3) is 7.24. The summed E-state index contributed by atoms with van der Waals surface area (Å²) in [4.78, 5) is 0. The molecule has 0 aliphatic carbocycles. The largest absolute Gasteiger partial charge is 0.479 e. The quantitative estimate of drug-likeness (QED) is 0.810. The first-order chi connectivity index (χ1) is 9.40. The van der Waals surface area contributed by atoms with Crippen LogP contribution in [0.1, 0.15) is 41.5 Å². The average Bonchev–Trinajstić information content (AvgIpc) is 3.03. The molecule has 1 heterocycles. The standard InChI is InChI=1S/C9H9N3O.3C2H6/c1-13-9-7-12(11-10-9)8-5-3-2-4-6-8;3*1-2/h2-7H,1H3;3*1-2H3. The lowest BCUT2D eigenvalue weighted by Gasteiger charge is -1.96. The molecule has 19 heavy (non-hydrogen) atoms. The lowest BCUT2D eigenvalue weighted by molar-refractivity contribution is 0.397. The zero-order valence-electron chi connectivity index (χ0n) is 13.2. The Morgan fingerprint density at radius 2 is 1.42 bits per heavy atom. The van der Waals surface area contributed by atoms with Gasteiger partial charge in [-0.15, -0.1) is 0 Å². The molecule has 0 spiro atoms. The molecule has 0 saturated heterocycles. The van der Waals surface area contributed by atoms with E-state index in [1.165, 1.54) is 0 Å². The first kappa shape index (κ1) is 19.5. The van der Waals surface area contributed by atoms with E-state index in [0.29, 0.717) is 5.88 Å². The van der Waals surface area contributed by atoms with Crippen LogP contribution in [0.3, 0.4) is 0 Å². The Hall–Kier alpha value is -1.84. The molecular formula is C15H27N3O. The second-order valence-corrected chi connectivity index (χ2v) is 2.54. The molecule has 0 aliphatic rings. The molecule has 108 valence electrons. The summed E-state index contributed by atoms with van der Waals surface area (Å²) in [6, 6.07) is 9.76. The van der Waals surface area contributed by atoms with E-state index in [-0.39, 0.29) is 0 Å². The van der Waals surface area contributed by atoms with E-state index in [0.717, 1.165) is 5.69 Å². The number of para-hydroxylation sites is 1. The van der Waals surface area contributed by atoms with Crippen molar-refractivity contribution >= 4 is 0 Å². The van der Waals surface area contributed by atoms with Crippen LogP contribution >= 0.6 is 0 Å². The first-order valence-corrected chi connectivity index (χ1v) is 6.92. The van der Waals surface area contributed by atoms with E-state index >= 15 is 0 Å². The van der Waals surface area contributed by atoms with Crippen molar-refractivity contribution in [2.24, 2.45) is 0 Å². The maximum absolute atomic E-state index is 4.92. The Bertz CT molecular complexity index is 385. The second kappa shape index (κ2) is 14.2. The first-order valence-electron chi connectivity index (χ1n) is 6.92. The molecule has 2 rings (SSSR count). The Morgan fingerprint density at radius 1 is 0.895 bits per heavy atom. The highest BCUT2D eigenvalue weighted by Crippen LogP contribution is 2.08. The van der Waals surface area contributed by atoms with Crippen molar-refractivity contribution in [1.29, 1.82) is 0 Å². The van der Waals surface area contributed by atoms with Gasteiger partial charge in [0, 0.05) is 0 Å². The van der Waals surface area contributed by atoms with Crippen molar-refractivity contribution in [2.45, 2.75) is 41.5 Å². The molecule has 4 heteroatoms. The van der Waals surface area contributed by atoms with E-state index in [4.69, 9.17) is 4.74 Å². The molecule has 0 N–H and O–H groups in total. The SMILES string of the molecule is CC.CC.CC.COc1cn(-c2ccccc2)nn1. The lowest BCUT2D eigenvalue weighted by atomic mass is 10.3. The third-order valence-corrected chi connectivity index (χ3v) is 1.70.